The summed E-state index contributed by atoms with van der Waals surface area (Å²) in [6, 6.07) is 2.97. The van der Waals surface area contributed by atoms with Gasteiger partial charge in [-0.05, 0) is 117 Å². The number of fused-ring (bicyclic) bond motifs is 7. The van der Waals surface area contributed by atoms with E-state index in [1.807, 2.05) is 27.7 Å². The topological polar surface area (TPSA) is 420 Å². The van der Waals surface area contributed by atoms with Crippen molar-refractivity contribution in [2.45, 2.75) is 255 Å². The minimum Gasteiger partial charge on any atom is -0.479 e. The van der Waals surface area contributed by atoms with E-state index in [-0.39, 0.29) is 36.0 Å². The molecule has 30 atom stereocenters. The fourth-order valence-electron chi connectivity index (χ4n) is 17.7. The van der Waals surface area contributed by atoms with Gasteiger partial charge in [-0.2, -0.15) is 0 Å². The Balaban J connectivity index is 0.998. The molecule has 27 nitrogen and oxygen atoms in total. The maximum absolute atomic E-state index is 14.3. The van der Waals surface area contributed by atoms with Crippen molar-refractivity contribution in [3.63, 3.8) is 0 Å². The molecule has 90 heavy (non-hydrogen) atoms. The van der Waals surface area contributed by atoms with Crippen molar-refractivity contribution in [2.24, 2.45) is 50.2 Å². The molecular formula is C63H94O27. The third-order valence-electron chi connectivity index (χ3n) is 23.2. The summed E-state index contributed by atoms with van der Waals surface area (Å²) >= 11 is 0. The molecule has 13 N–H and O–H groups in total. The molecule has 5 aliphatic carbocycles. The van der Waals surface area contributed by atoms with Crippen LogP contribution in [0.2, 0.25) is 0 Å². The van der Waals surface area contributed by atoms with Crippen LogP contribution in [-0.2, 0) is 57.0 Å². The number of carboxylic acid groups (broad SMARTS) is 1. The summed E-state index contributed by atoms with van der Waals surface area (Å²) in [6.07, 6.45) is -30.1. The van der Waals surface area contributed by atoms with Gasteiger partial charge in [0.05, 0.1) is 49.8 Å². The lowest BCUT2D eigenvalue weighted by Gasteiger charge is -2.72. The van der Waals surface area contributed by atoms with Gasteiger partial charge in [0.1, 0.15) is 85.5 Å². The minimum absolute atomic E-state index is 0.0771. The van der Waals surface area contributed by atoms with Gasteiger partial charge in [0.2, 0.25) is 5.76 Å². The van der Waals surface area contributed by atoms with E-state index in [0.29, 0.717) is 32.1 Å². The van der Waals surface area contributed by atoms with Gasteiger partial charge in [-0.25, -0.2) is 14.4 Å². The number of aliphatic hydroxyl groups is 12. The van der Waals surface area contributed by atoms with E-state index in [2.05, 4.69) is 26.8 Å². The molecule has 0 radical (unpaired) electrons. The van der Waals surface area contributed by atoms with Crippen molar-refractivity contribution in [3.05, 3.63) is 47.5 Å². The Morgan fingerprint density at radius 2 is 1.37 bits per heavy atom. The normalized spacial score (nSPS) is 49.2. The molecule has 1 aromatic heterocycles. The molecule has 8 fully saturated rings. The fourth-order valence-corrected chi connectivity index (χ4v) is 17.7. The molecule has 0 bridgehead atoms. The number of carboxylic acids is 1. The molecule has 0 aromatic carbocycles. The van der Waals surface area contributed by atoms with Gasteiger partial charge in [-0.15, -0.1) is 0 Å². The summed E-state index contributed by atoms with van der Waals surface area (Å²) in [5, 5.41) is 144. The first-order valence-corrected chi connectivity index (χ1v) is 31.4. The van der Waals surface area contributed by atoms with Crippen molar-refractivity contribution in [3.8, 4) is 0 Å². The molecule has 4 saturated heterocycles. The van der Waals surface area contributed by atoms with Gasteiger partial charge in [0.15, 0.2) is 37.4 Å². The molecular weight excluding hydrogens is 1190 g/mol. The molecule has 10 rings (SSSR count). The number of rotatable bonds is 15. The number of hydrogen-bond acceptors (Lipinski definition) is 26. The van der Waals surface area contributed by atoms with E-state index >= 15 is 0 Å². The van der Waals surface area contributed by atoms with E-state index in [9.17, 15) is 80.8 Å². The molecule has 508 valence electrons. The molecule has 4 aliphatic heterocycles. The van der Waals surface area contributed by atoms with Crippen LogP contribution in [0.3, 0.4) is 0 Å². The maximum atomic E-state index is 14.3. The first kappa shape index (κ1) is 69.2. The largest absolute Gasteiger partial charge is 0.479 e. The van der Waals surface area contributed by atoms with Crippen molar-refractivity contribution in [2.75, 3.05) is 19.8 Å². The SMILES string of the molecule is C/C=C(\C)C(=O)O[C@H]1[C@H](OC(=O)c2ccco2)C(C)(C)C[C@H]2C3=CC[C@@H]4[C@@]5(C)CC[C@H](O[C@@H]6O[C@H](C(=O)O)[C@@H](O)[C@H](O[C@@H]7OC[C@@H](O)[C@H](O)[C@H]7O)[C@H]6O[C@@H]6O[C@H](CO)[C@H](O)[C@H](O)[C@H]6O)C(C)(C)[C@@H]5CC[C@@]4(C)[C@]3(C)C[C@H](O)[C@]21CO[C@@H]1O[C@@H](C)[C@H](O)[C@@H](O)[C@H]1O. The van der Waals surface area contributed by atoms with Gasteiger partial charge in [-0.3, -0.25) is 0 Å². The quantitative estimate of drug-likeness (QED) is 0.0479. The van der Waals surface area contributed by atoms with Crippen LogP contribution in [0.4, 0.5) is 0 Å². The van der Waals surface area contributed by atoms with Gasteiger partial charge in [-0.1, -0.05) is 66.2 Å². The number of allylic oxidation sites excluding steroid dienone is 3. The predicted molar refractivity (Wildman–Crippen MR) is 305 cm³/mol. The van der Waals surface area contributed by atoms with E-state index in [1.54, 1.807) is 19.9 Å². The maximum Gasteiger partial charge on any atom is 0.374 e. The second-order valence-electron chi connectivity index (χ2n) is 28.9. The van der Waals surface area contributed by atoms with Crippen molar-refractivity contribution < 1.29 is 133 Å². The number of aliphatic carboxylic acids is 1. The summed E-state index contributed by atoms with van der Waals surface area (Å²) in [5.41, 5.74) is -4.06. The van der Waals surface area contributed by atoms with Gasteiger partial charge in [0, 0.05) is 11.0 Å². The van der Waals surface area contributed by atoms with Crippen LogP contribution in [0.1, 0.15) is 125 Å². The van der Waals surface area contributed by atoms with Crippen LogP contribution in [0, 0.1) is 50.2 Å². The number of carbonyl (C=O) groups is 3. The lowest BCUT2D eigenvalue weighted by atomic mass is 9.33. The standard InChI is InChI=1S/C63H94O27/c1-11-26(2)52(78)90-50-49(89-53(79)31-13-12-20-80-31)58(4,5)21-29-28-14-15-34-60(8)18-17-36(59(6,7)33(60)16-19-61(34,9)62(28,10)22-35(66)63(29,50)25-82-55-43(73)40(70)37(67)27(3)83-55)85-57-48(88-56-44(74)41(71)39(69)32(23-64)84-56)46(45(75)47(87-57)51(76)77)86-54-42(72)38(68)30(65)24-81-54/h11-14,20,27,29-30,32-50,54-57,64-75H,15-19,21-25H2,1-10H3,(H,76,77)/b26-11+/t27-,29-,30+,32+,33-,34+,35-,36-,37-,38-,39-,40+,41-,42+,43+,44+,45-,46-,47-,48+,49-,50-,54-,55+,56-,57+,60-,61+,62+,63-/m0/s1. The Morgan fingerprint density at radius 1 is 0.700 bits per heavy atom. The summed E-state index contributed by atoms with van der Waals surface area (Å²) < 4.78 is 67.6. The lowest BCUT2D eigenvalue weighted by Crippen LogP contribution is -2.73. The van der Waals surface area contributed by atoms with Gasteiger partial charge >= 0.3 is 17.9 Å². The monoisotopic (exact) mass is 1280 g/mol. The van der Waals surface area contributed by atoms with Crippen LogP contribution in [-0.4, -0.2) is 245 Å². The van der Waals surface area contributed by atoms with Crippen molar-refractivity contribution >= 4 is 17.9 Å². The van der Waals surface area contributed by atoms with Gasteiger partial charge < -0.3 is 118 Å². The molecule has 4 saturated carbocycles. The highest BCUT2D eigenvalue weighted by atomic mass is 16.8. The number of carbonyl (C=O) groups excluding carboxylic acids is 2. The molecule has 27 heteroatoms. The summed E-state index contributed by atoms with van der Waals surface area (Å²) in [6.45, 7) is 17.5. The zero-order valence-electron chi connectivity index (χ0n) is 52.5. The second kappa shape index (κ2) is 25.5. The third kappa shape index (κ3) is 11.4. The molecule has 5 heterocycles. The first-order valence-electron chi connectivity index (χ1n) is 31.4. The molecule has 0 unspecified atom stereocenters. The zero-order valence-corrected chi connectivity index (χ0v) is 52.5. The average Bonchev–Trinajstić information content (AvgIpc) is 0.675. The van der Waals surface area contributed by atoms with E-state index < -0.39 is 217 Å². The molecule has 9 aliphatic rings. The summed E-state index contributed by atoms with van der Waals surface area (Å²) in [5.74, 6) is -4.24. The fraction of sp³-hybridized carbons (Fsp3) is 0.825. The highest BCUT2D eigenvalue weighted by Crippen LogP contribution is 2.76. The van der Waals surface area contributed by atoms with Gasteiger partial charge in [0.25, 0.3) is 0 Å². The number of aliphatic hydroxyl groups excluding tert-OH is 12. The Labute approximate surface area is 521 Å². The number of ether oxygens (including phenoxy) is 10. The zero-order chi connectivity index (χ0) is 65.9. The minimum atomic E-state index is -2.14. The third-order valence-corrected chi connectivity index (χ3v) is 23.2. The first-order chi connectivity index (χ1) is 42.1. The Hall–Kier alpha value is -3.63. The van der Waals surface area contributed by atoms with Crippen molar-refractivity contribution in [1.82, 2.24) is 0 Å². The molecule has 0 spiro atoms. The van der Waals surface area contributed by atoms with E-state index in [0.717, 1.165) is 5.57 Å². The average molecular weight is 1280 g/mol. The Bertz CT molecular complexity index is 2790. The number of esters is 2. The summed E-state index contributed by atoms with van der Waals surface area (Å²) in [7, 11) is 0. The molecule has 0 amide bonds. The summed E-state index contributed by atoms with van der Waals surface area (Å²) in [4.78, 5) is 41.4. The van der Waals surface area contributed by atoms with Crippen LogP contribution in [0.25, 0.3) is 0 Å². The number of furan rings is 1. The lowest BCUT2D eigenvalue weighted by molar-refractivity contribution is -0.392. The number of hydrogen-bond donors (Lipinski definition) is 13. The van der Waals surface area contributed by atoms with Crippen LogP contribution in [0.15, 0.2) is 46.1 Å². The second-order valence-corrected chi connectivity index (χ2v) is 28.9. The van der Waals surface area contributed by atoms with E-state index in [4.69, 9.17) is 51.8 Å². The highest BCUT2D eigenvalue weighted by Gasteiger charge is 2.74. The Morgan fingerprint density at radius 3 is 2.02 bits per heavy atom. The van der Waals surface area contributed by atoms with Crippen LogP contribution in [0.5, 0.6) is 0 Å². The smallest absolute Gasteiger partial charge is 0.374 e. The predicted octanol–water partition coefficient (Wildman–Crippen LogP) is 0.0843. The van der Waals surface area contributed by atoms with E-state index in [1.165, 1.54) is 25.3 Å². The Kier molecular flexibility index (Phi) is 19.6. The molecule has 1 aromatic rings. The van der Waals surface area contributed by atoms with Crippen molar-refractivity contribution in [1.29, 1.82) is 0 Å². The van der Waals surface area contributed by atoms with Crippen LogP contribution < -0.4 is 0 Å². The van der Waals surface area contributed by atoms with Crippen LogP contribution >= 0.6 is 0 Å². The highest BCUT2D eigenvalue weighted by molar-refractivity contribution is 5.88.